The van der Waals surface area contributed by atoms with Gasteiger partial charge in [0.05, 0.1) is 23.7 Å². The predicted molar refractivity (Wildman–Crippen MR) is 140 cm³/mol. The summed E-state index contributed by atoms with van der Waals surface area (Å²) in [5, 5.41) is 2.78. The third-order valence-corrected chi connectivity index (χ3v) is 8.06. The number of thioether (sulfide) groups is 1. The van der Waals surface area contributed by atoms with Crippen LogP contribution in [-0.2, 0) is 9.48 Å². The quantitative estimate of drug-likeness (QED) is 0.473. The lowest BCUT2D eigenvalue weighted by atomic mass is 10.0. The summed E-state index contributed by atoms with van der Waals surface area (Å²) in [7, 11) is 0. The maximum absolute atomic E-state index is 12.2. The molecule has 2 heterocycles. The maximum Gasteiger partial charge on any atom is 0.417 e. The van der Waals surface area contributed by atoms with Gasteiger partial charge in [-0.05, 0) is 55.5 Å². The van der Waals surface area contributed by atoms with Crippen LogP contribution in [0.4, 0.5) is 16.3 Å². The Bertz CT molecular complexity index is 1140. The summed E-state index contributed by atoms with van der Waals surface area (Å²) in [4.78, 5) is 24.5. The number of amides is 1. The van der Waals surface area contributed by atoms with Gasteiger partial charge in [-0.3, -0.25) is 5.32 Å². The molecule has 1 saturated carbocycles. The molecule has 3 aromatic rings. The Hall–Kier alpha value is -3.10. The Morgan fingerprint density at radius 1 is 1.03 bits per heavy atom. The van der Waals surface area contributed by atoms with Gasteiger partial charge in [0.15, 0.2) is 5.82 Å². The average Bonchev–Trinajstić information content (AvgIpc) is 3.41. The lowest BCUT2D eigenvalue weighted by Crippen LogP contribution is -2.37. The largest absolute Gasteiger partial charge is 0.417 e. The van der Waals surface area contributed by atoms with E-state index < -0.39 is 6.09 Å². The molecule has 0 bridgehead atoms. The third-order valence-electron chi connectivity index (χ3n) is 6.66. The summed E-state index contributed by atoms with van der Waals surface area (Å²) >= 11 is 1.91. The minimum atomic E-state index is -0.528. The molecular weight excluding hydrogens is 460 g/mol. The number of carbonyl (C=O) groups excluding carboxylic acids is 1. The van der Waals surface area contributed by atoms with Gasteiger partial charge < -0.3 is 14.4 Å². The van der Waals surface area contributed by atoms with E-state index in [0.717, 1.165) is 43.0 Å². The number of anilines is 2. The van der Waals surface area contributed by atoms with E-state index in [1.807, 2.05) is 54.2 Å². The highest BCUT2D eigenvalue weighted by Crippen LogP contribution is 2.48. The number of ether oxygens (including phenoxy) is 2. The van der Waals surface area contributed by atoms with Crippen molar-refractivity contribution in [3.8, 4) is 17.1 Å². The number of rotatable bonds is 6. The first kappa shape index (κ1) is 23.6. The van der Waals surface area contributed by atoms with Crippen LogP contribution in [0.25, 0.3) is 11.4 Å². The van der Waals surface area contributed by atoms with Crippen LogP contribution >= 0.6 is 11.8 Å². The number of aromatic nitrogens is 2. The van der Waals surface area contributed by atoms with Crippen molar-refractivity contribution in [3.05, 3.63) is 66.4 Å². The molecule has 1 N–H and O–H groups in total. The molecule has 0 radical (unpaired) electrons. The molecule has 8 heteroatoms. The van der Waals surface area contributed by atoms with Crippen LogP contribution < -0.4 is 15.0 Å². The zero-order valence-corrected chi connectivity index (χ0v) is 20.7. The summed E-state index contributed by atoms with van der Waals surface area (Å²) in [5.41, 5.74) is 2.68. The number of nitrogens with zero attached hydrogens (tertiary/aromatic N) is 3. The van der Waals surface area contributed by atoms with Crippen LogP contribution in [0.2, 0.25) is 0 Å². The summed E-state index contributed by atoms with van der Waals surface area (Å²) in [6.07, 6.45) is 6.40. The summed E-state index contributed by atoms with van der Waals surface area (Å²) in [6.45, 7) is 3.08. The van der Waals surface area contributed by atoms with Crippen molar-refractivity contribution in [1.82, 2.24) is 9.97 Å². The minimum absolute atomic E-state index is 0.0431. The molecular formula is C27H30N4O3S. The van der Waals surface area contributed by atoms with Gasteiger partial charge in [0.25, 0.3) is 0 Å². The normalized spacial score (nSPS) is 17.2. The highest BCUT2D eigenvalue weighted by Gasteiger charge is 2.37. The van der Waals surface area contributed by atoms with Crippen LogP contribution in [-0.4, -0.2) is 48.6 Å². The Kier molecular flexibility index (Phi) is 7.20. The molecule has 0 atom stereocenters. The van der Waals surface area contributed by atoms with Gasteiger partial charge in [-0.15, -0.1) is 0 Å². The highest BCUT2D eigenvalue weighted by atomic mass is 32.2. The van der Waals surface area contributed by atoms with Gasteiger partial charge in [-0.2, -0.15) is 11.8 Å². The summed E-state index contributed by atoms with van der Waals surface area (Å²) < 4.78 is 10.9. The van der Waals surface area contributed by atoms with E-state index in [1.54, 1.807) is 12.1 Å². The standard InChI is InChI=1S/C27H30N4O3S/c1-35-27(13-5-6-14-27)23-19-24(31-15-17-33-18-16-31)30-25(29-23)20-9-11-21(12-10-20)28-26(32)34-22-7-3-2-4-8-22/h2-4,7-12,19H,5-6,13-18H2,1H3,(H,28,32). The molecule has 7 nitrogen and oxygen atoms in total. The van der Waals surface area contributed by atoms with Gasteiger partial charge in [0.1, 0.15) is 11.6 Å². The monoisotopic (exact) mass is 490 g/mol. The molecule has 1 aliphatic heterocycles. The number of benzene rings is 2. The highest BCUT2D eigenvalue weighted by molar-refractivity contribution is 7.99. The van der Waals surface area contributed by atoms with Gasteiger partial charge in [0, 0.05) is 30.4 Å². The number of hydrogen-bond donors (Lipinski definition) is 1. The first-order valence-corrected chi connectivity index (χ1v) is 13.3. The zero-order chi connectivity index (χ0) is 24.1. The van der Waals surface area contributed by atoms with Crippen molar-refractivity contribution in [3.63, 3.8) is 0 Å². The van der Waals surface area contributed by atoms with Crippen molar-refractivity contribution in [2.24, 2.45) is 0 Å². The fourth-order valence-electron chi connectivity index (χ4n) is 4.70. The zero-order valence-electron chi connectivity index (χ0n) is 19.9. The van der Waals surface area contributed by atoms with Crippen molar-refractivity contribution < 1.29 is 14.3 Å². The van der Waals surface area contributed by atoms with Crippen LogP contribution in [0.3, 0.4) is 0 Å². The SMILES string of the molecule is CSC1(c2cc(N3CCOCC3)nc(-c3ccc(NC(=O)Oc4ccccc4)cc3)n2)CCCC1. The molecule has 0 spiro atoms. The first-order chi connectivity index (χ1) is 17.1. The van der Waals surface area contributed by atoms with E-state index in [9.17, 15) is 4.79 Å². The van der Waals surface area contributed by atoms with E-state index in [-0.39, 0.29) is 4.75 Å². The molecule has 1 aliphatic carbocycles. The van der Waals surface area contributed by atoms with Crippen LogP contribution in [0.15, 0.2) is 60.7 Å². The van der Waals surface area contributed by atoms with Crippen LogP contribution in [0.5, 0.6) is 5.75 Å². The average molecular weight is 491 g/mol. The third kappa shape index (κ3) is 5.44. The molecule has 2 aromatic carbocycles. The van der Waals surface area contributed by atoms with Crippen molar-refractivity contribution in [1.29, 1.82) is 0 Å². The van der Waals surface area contributed by atoms with Crippen molar-refractivity contribution in [2.75, 3.05) is 42.8 Å². The van der Waals surface area contributed by atoms with Crippen LogP contribution in [0, 0.1) is 0 Å². The molecule has 1 aromatic heterocycles. The number of nitrogens with one attached hydrogen (secondary N) is 1. The Morgan fingerprint density at radius 2 is 1.74 bits per heavy atom. The molecule has 1 amide bonds. The second kappa shape index (κ2) is 10.7. The van der Waals surface area contributed by atoms with Gasteiger partial charge in [0.2, 0.25) is 0 Å². The minimum Gasteiger partial charge on any atom is -0.410 e. The smallest absolute Gasteiger partial charge is 0.410 e. The van der Waals surface area contributed by atoms with E-state index in [0.29, 0.717) is 30.5 Å². The fourth-order valence-corrected chi connectivity index (χ4v) is 5.71. The molecule has 1 saturated heterocycles. The fraction of sp³-hybridized carbons (Fsp3) is 0.370. The number of morpholine rings is 1. The van der Waals surface area contributed by atoms with E-state index in [4.69, 9.17) is 19.4 Å². The second-order valence-electron chi connectivity index (χ2n) is 8.84. The van der Waals surface area contributed by atoms with Gasteiger partial charge >= 0.3 is 6.09 Å². The van der Waals surface area contributed by atoms with Crippen LogP contribution in [0.1, 0.15) is 31.4 Å². The molecule has 35 heavy (non-hydrogen) atoms. The first-order valence-electron chi connectivity index (χ1n) is 12.1. The van der Waals surface area contributed by atoms with Crippen molar-refractivity contribution >= 4 is 29.4 Å². The van der Waals surface area contributed by atoms with E-state index in [1.165, 1.54) is 12.8 Å². The molecule has 0 unspecified atom stereocenters. The van der Waals surface area contributed by atoms with Crippen molar-refractivity contribution in [2.45, 2.75) is 30.4 Å². The number of carbonyl (C=O) groups is 1. The lowest BCUT2D eigenvalue weighted by molar-refractivity contribution is 0.122. The number of para-hydroxylation sites is 1. The summed E-state index contributed by atoms with van der Waals surface area (Å²) in [5.74, 6) is 2.17. The van der Waals surface area contributed by atoms with E-state index in [2.05, 4.69) is 22.5 Å². The Balaban J connectivity index is 1.40. The molecule has 182 valence electrons. The molecule has 5 rings (SSSR count). The topological polar surface area (TPSA) is 76.6 Å². The van der Waals surface area contributed by atoms with Gasteiger partial charge in [-0.25, -0.2) is 14.8 Å². The second-order valence-corrected chi connectivity index (χ2v) is 10.0. The lowest BCUT2D eigenvalue weighted by Gasteiger charge is -2.31. The molecule has 2 aliphatic rings. The van der Waals surface area contributed by atoms with E-state index >= 15 is 0 Å². The Labute approximate surface area is 210 Å². The number of hydrogen-bond acceptors (Lipinski definition) is 7. The van der Waals surface area contributed by atoms with Gasteiger partial charge in [-0.1, -0.05) is 31.0 Å². The maximum atomic E-state index is 12.2. The Morgan fingerprint density at radius 3 is 2.43 bits per heavy atom. The predicted octanol–water partition coefficient (Wildman–Crippen LogP) is 5.72. The molecule has 2 fully saturated rings. The summed E-state index contributed by atoms with van der Waals surface area (Å²) in [6, 6.07) is 18.8.